The molecule has 7 heteroatoms. The maximum absolute atomic E-state index is 13.3. The summed E-state index contributed by atoms with van der Waals surface area (Å²) in [5.41, 5.74) is 1.86. The molecule has 0 aliphatic carbocycles. The first-order chi connectivity index (χ1) is 16.0. The average Bonchev–Trinajstić information content (AvgIpc) is 2.83. The normalized spacial score (nSPS) is 15.7. The monoisotopic (exact) mass is 444 g/mol. The van der Waals surface area contributed by atoms with Crippen molar-refractivity contribution in [1.82, 2.24) is 10.2 Å². The molecule has 1 heterocycles. The van der Waals surface area contributed by atoms with Crippen molar-refractivity contribution >= 4 is 40.0 Å². The molecule has 0 saturated carbocycles. The number of piperidine rings is 1. The third-order valence-corrected chi connectivity index (χ3v) is 5.82. The van der Waals surface area contributed by atoms with Crippen LogP contribution in [0.5, 0.6) is 0 Å². The molecule has 1 fully saturated rings. The number of urea groups is 1. The maximum atomic E-state index is 13.3. The molecule has 1 aliphatic heterocycles. The van der Waals surface area contributed by atoms with Gasteiger partial charge in [0.05, 0.1) is 5.92 Å². The van der Waals surface area contributed by atoms with Crippen LogP contribution in [0.1, 0.15) is 30.1 Å². The van der Waals surface area contributed by atoms with Gasteiger partial charge in [-0.2, -0.15) is 0 Å². The van der Waals surface area contributed by atoms with Gasteiger partial charge < -0.3 is 20.9 Å². The molecule has 0 spiro atoms. The molecule has 3 aromatic rings. The van der Waals surface area contributed by atoms with Crippen molar-refractivity contribution in [2.45, 2.75) is 19.8 Å². The first-order valence-electron chi connectivity index (χ1n) is 11.3. The van der Waals surface area contributed by atoms with Crippen molar-refractivity contribution in [3.8, 4) is 0 Å². The molecule has 0 aromatic heterocycles. The van der Waals surface area contributed by atoms with E-state index in [1.165, 1.54) is 0 Å². The molecule has 3 aromatic carbocycles. The maximum Gasteiger partial charge on any atom is 0.319 e. The van der Waals surface area contributed by atoms with Gasteiger partial charge in [-0.05, 0) is 54.8 Å². The van der Waals surface area contributed by atoms with Gasteiger partial charge in [-0.3, -0.25) is 9.59 Å². The molecular weight excluding hydrogens is 416 g/mol. The lowest BCUT2D eigenvalue weighted by atomic mass is 9.95. The Balaban J connectivity index is 1.43. The molecule has 7 nitrogen and oxygen atoms in total. The van der Waals surface area contributed by atoms with E-state index in [4.69, 9.17) is 0 Å². The van der Waals surface area contributed by atoms with E-state index in [2.05, 4.69) is 16.0 Å². The predicted octanol–water partition coefficient (Wildman–Crippen LogP) is 4.47. The van der Waals surface area contributed by atoms with E-state index >= 15 is 0 Å². The Kier molecular flexibility index (Phi) is 6.88. The Hall–Kier alpha value is -3.87. The summed E-state index contributed by atoms with van der Waals surface area (Å²) in [5, 5.41) is 10.3. The quantitative estimate of drug-likeness (QED) is 0.542. The van der Waals surface area contributed by atoms with Gasteiger partial charge in [0.1, 0.15) is 0 Å². The lowest BCUT2D eigenvalue weighted by molar-refractivity contribution is -0.121. The van der Waals surface area contributed by atoms with Crippen LogP contribution >= 0.6 is 0 Å². The third-order valence-electron chi connectivity index (χ3n) is 5.82. The number of carbonyl (C=O) groups excluding carboxylic acids is 3. The van der Waals surface area contributed by atoms with Crippen LogP contribution < -0.4 is 16.0 Å². The van der Waals surface area contributed by atoms with Crippen molar-refractivity contribution in [1.29, 1.82) is 0 Å². The molecule has 4 rings (SSSR count). The molecule has 170 valence electrons. The van der Waals surface area contributed by atoms with E-state index in [9.17, 15) is 14.4 Å². The summed E-state index contributed by atoms with van der Waals surface area (Å²) in [6.45, 7) is 3.38. The van der Waals surface area contributed by atoms with Crippen LogP contribution in [0.4, 0.5) is 16.2 Å². The molecule has 0 bridgehead atoms. The number of nitrogens with zero attached hydrogens (tertiary/aromatic N) is 1. The summed E-state index contributed by atoms with van der Waals surface area (Å²) in [6, 6.07) is 20.3. The minimum absolute atomic E-state index is 0.0440. The molecule has 3 N–H and O–H groups in total. The van der Waals surface area contributed by atoms with Gasteiger partial charge in [0.15, 0.2) is 0 Å². The van der Waals surface area contributed by atoms with Crippen LogP contribution in [-0.4, -0.2) is 42.4 Å². The SMILES string of the molecule is CCNC(=O)Nc1cccc(NC(=O)C2CCCN(C(=O)c3cccc4ccccc34)C2)c1. The standard InChI is InChI=1S/C26H28N4O3/c1-2-27-26(33)29-21-12-6-11-20(16-21)28-24(31)19-10-7-15-30(17-19)25(32)23-14-5-9-18-8-3-4-13-22(18)23/h3-6,8-9,11-14,16,19H,2,7,10,15,17H2,1H3,(H,28,31)(H2,27,29,33). The van der Waals surface area contributed by atoms with Crippen LogP contribution in [0, 0.1) is 5.92 Å². The van der Waals surface area contributed by atoms with E-state index in [0.29, 0.717) is 36.6 Å². The lowest BCUT2D eigenvalue weighted by Gasteiger charge is -2.32. The fourth-order valence-electron chi connectivity index (χ4n) is 4.21. The van der Waals surface area contributed by atoms with Gasteiger partial charge in [0.25, 0.3) is 5.91 Å². The van der Waals surface area contributed by atoms with Crippen LogP contribution in [0.25, 0.3) is 10.8 Å². The van der Waals surface area contributed by atoms with E-state index in [1.54, 1.807) is 29.2 Å². The van der Waals surface area contributed by atoms with Crippen molar-refractivity contribution in [2.75, 3.05) is 30.3 Å². The minimum atomic E-state index is -0.296. The van der Waals surface area contributed by atoms with E-state index in [0.717, 1.165) is 23.6 Å². The summed E-state index contributed by atoms with van der Waals surface area (Å²) < 4.78 is 0. The van der Waals surface area contributed by atoms with Gasteiger partial charge in [-0.25, -0.2) is 4.79 Å². The molecular formula is C26H28N4O3. The zero-order valence-corrected chi connectivity index (χ0v) is 18.6. The number of nitrogens with one attached hydrogen (secondary N) is 3. The van der Waals surface area contributed by atoms with Crippen LogP contribution in [0.15, 0.2) is 66.7 Å². The van der Waals surface area contributed by atoms with Gasteiger partial charge in [-0.1, -0.05) is 42.5 Å². The number of benzene rings is 3. The highest BCUT2D eigenvalue weighted by molar-refractivity contribution is 6.07. The first-order valence-corrected chi connectivity index (χ1v) is 11.3. The minimum Gasteiger partial charge on any atom is -0.338 e. The number of likely N-dealkylation sites (tertiary alicyclic amines) is 1. The summed E-state index contributed by atoms with van der Waals surface area (Å²) in [5.74, 6) is -0.462. The van der Waals surface area contributed by atoms with Crippen LogP contribution in [-0.2, 0) is 4.79 Å². The third kappa shape index (κ3) is 5.31. The Morgan fingerprint density at radius 1 is 0.939 bits per heavy atom. The van der Waals surface area contributed by atoms with Gasteiger partial charge in [-0.15, -0.1) is 0 Å². The van der Waals surface area contributed by atoms with Crippen molar-refractivity contribution < 1.29 is 14.4 Å². The Bertz CT molecular complexity index is 1170. The van der Waals surface area contributed by atoms with E-state index < -0.39 is 0 Å². The highest BCUT2D eigenvalue weighted by Crippen LogP contribution is 2.25. The molecule has 4 amide bonds. The summed E-state index contributed by atoms with van der Waals surface area (Å²) >= 11 is 0. The highest BCUT2D eigenvalue weighted by Gasteiger charge is 2.29. The highest BCUT2D eigenvalue weighted by atomic mass is 16.2. The van der Waals surface area contributed by atoms with E-state index in [-0.39, 0.29) is 23.8 Å². The number of carbonyl (C=O) groups is 3. The zero-order valence-electron chi connectivity index (χ0n) is 18.6. The van der Waals surface area contributed by atoms with Gasteiger partial charge in [0.2, 0.25) is 5.91 Å². The first kappa shape index (κ1) is 22.3. The molecule has 1 aliphatic rings. The fourth-order valence-corrected chi connectivity index (χ4v) is 4.21. The van der Waals surface area contributed by atoms with Gasteiger partial charge >= 0.3 is 6.03 Å². The molecule has 0 radical (unpaired) electrons. The number of rotatable bonds is 5. The smallest absolute Gasteiger partial charge is 0.319 e. The van der Waals surface area contributed by atoms with Crippen LogP contribution in [0.2, 0.25) is 0 Å². The number of fused-ring (bicyclic) bond motifs is 1. The van der Waals surface area contributed by atoms with Crippen molar-refractivity contribution in [3.63, 3.8) is 0 Å². The topological polar surface area (TPSA) is 90.5 Å². The molecule has 1 atom stereocenters. The second-order valence-corrected chi connectivity index (χ2v) is 8.17. The average molecular weight is 445 g/mol. The molecule has 1 saturated heterocycles. The summed E-state index contributed by atoms with van der Waals surface area (Å²) in [4.78, 5) is 39.8. The predicted molar refractivity (Wildman–Crippen MR) is 130 cm³/mol. The Labute approximate surface area is 193 Å². The van der Waals surface area contributed by atoms with Gasteiger partial charge in [0, 0.05) is 36.6 Å². The van der Waals surface area contributed by atoms with E-state index in [1.807, 2.05) is 49.4 Å². The van der Waals surface area contributed by atoms with Crippen molar-refractivity contribution in [3.05, 3.63) is 72.3 Å². The number of hydrogen-bond donors (Lipinski definition) is 3. The Morgan fingerprint density at radius 3 is 2.48 bits per heavy atom. The zero-order chi connectivity index (χ0) is 23.2. The summed E-state index contributed by atoms with van der Waals surface area (Å²) in [7, 11) is 0. The lowest BCUT2D eigenvalue weighted by Crippen LogP contribution is -2.43. The number of anilines is 2. The molecule has 33 heavy (non-hydrogen) atoms. The number of amides is 4. The fraction of sp³-hybridized carbons (Fsp3) is 0.269. The van der Waals surface area contributed by atoms with Crippen LogP contribution in [0.3, 0.4) is 0 Å². The summed E-state index contributed by atoms with van der Waals surface area (Å²) in [6.07, 6.45) is 1.50. The second-order valence-electron chi connectivity index (χ2n) is 8.17. The number of hydrogen-bond acceptors (Lipinski definition) is 3. The van der Waals surface area contributed by atoms with Crippen molar-refractivity contribution in [2.24, 2.45) is 5.92 Å². The largest absolute Gasteiger partial charge is 0.338 e. The molecule has 1 unspecified atom stereocenters. The second kappa shape index (κ2) is 10.2. The Morgan fingerprint density at radius 2 is 1.67 bits per heavy atom.